The van der Waals surface area contributed by atoms with Gasteiger partial charge in [0.1, 0.15) is 5.82 Å². The summed E-state index contributed by atoms with van der Waals surface area (Å²) in [5.74, 6) is 0.825. The molecule has 0 fully saturated rings. The van der Waals surface area contributed by atoms with Crippen LogP contribution in [0, 0.1) is 6.92 Å². The molecule has 0 aliphatic heterocycles. The van der Waals surface area contributed by atoms with E-state index in [2.05, 4.69) is 42.6 Å². The van der Waals surface area contributed by atoms with E-state index in [-0.39, 0.29) is 5.25 Å². The molecule has 1 atom stereocenters. The summed E-state index contributed by atoms with van der Waals surface area (Å²) in [5.41, 5.74) is 5.77. The number of rotatable bonds is 4. The van der Waals surface area contributed by atoms with Crippen molar-refractivity contribution in [2.24, 2.45) is 5.73 Å². The minimum atomic E-state index is 0.214. The third-order valence-corrected chi connectivity index (χ3v) is 5.02. The number of thioether (sulfide) groups is 1. The van der Waals surface area contributed by atoms with E-state index in [4.69, 9.17) is 5.73 Å². The van der Waals surface area contributed by atoms with Crippen molar-refractivity contribution in [2.75, 3.05) is 6.54 Å². The lowest BCUT2D eigenvalue weighted by molar-refractivity contribution is 0.925. The quantitative estimate of drug-likeness (QED) is 0.850. The van der Waals surface area contributed by atoms with Gasteiger partial charge in [-0.1, -0.05) is 11.8 Å². The van der Waals surface area contributed by atoms with Gasteiger partial charge in [0.25, 0.3) is 0 Å². The first kappa shape index (κ1) is 12.1. The molecule has 0 spiro atoms. The first-order valence-corrected chi connectivity index (χ1v) is 7.24. The van der Waals surface area contributed by atoms with Crippen LogP contribution < -0.4 is 5.73 Å². The van der Waals surface area contributed by atoms with Crippen LogP contribution in [0.25, 0.3) is 0 Å². The molecule has 2 aromatic heterocycles. The van der Waals surface area contributed by atoms with Crippen molar-refractivity contribution in [3.05, 3.63) is 26.6 Å². The summed E-state index contributed by atoms with van der Waals surface area (Å²) in [7, 11) is 0. The number of aromatic amines is 1. The lowest BCUT2D eigenvalue weighted by Crippen LogP contribution is -2.08. The average molecular weight is 319 g/mol. The minimum Gasteiger partial charge on any atom is -0.329 e. The van der Waals surface area contributed by atoms with E-state index in [1.165, 1.54) is 4.88 Å². The monoisotopic (exact) mass is 318 g/mol. The fourth-order valence-electron chi connectivity index (χ4n) is 1.22. The van der Waals surface area contributed by atoms with Gasteiger partial charge in [0.2, 0.25) is 5.16 Å². The summed E-state index contributed by atoms with van der Waals surface area (Å²) < 4.78 is 1.10. The number of aromatic nitrogens is 3. The number of nitrogens with two attached hydrogens (primary N) is 1. The fraction of sp³-hybridized carbons (Fsp3) is 0.333. The molecule has 0 bridgehead atoms. The van der Waals surface area contributed by atoms with Crippen molar-refractivity contribution < 1.29 is 0 Å². The Morgan fingerprint density at radius 2 is 2.50 bits per heavy atom. The van der Waals surface area contributed by atoms with Gasteiger partial charge >= 0.3 is 0 Å². The van der Waals surface area contributed by atoms with Crippen LogP contribution in [0.2, 0.25) is 0 Å². The van der Waals surface area contributed by atoms with Crippen molar-refractivity contribution in [3.8, 4) is 0 Å². The highest BCUT2D eigenvalue weighted by Crippen LogP contribution is 2.36. The molecule has 0 saturated carbocycles. The number of halogens is 1. The molecular weight excluding hydrogens is 308 g/mol. The number of aryl methyl sites for hydroxylation is 1. The van der Waals surface area contributed by atoms with Crippen molar-refractivity contribution in [2.45, 2.75) is 17.3 Å². The molecule has 7 heteroatoms. The van der Waals surface area contributed by atoms with Crippen LogP contribution in [0.15, 0.2) is 21.1 Å². The maximum Gasteiger partial charge on any atom is 0.209 e. The standard InChI is InChI=1S/C9H11BrN4S2/c1-5-12-9(14-13-5)16-8(3-11)7-2-6(10)4-15-7/h2,4,8H,3,11H2,1H3,(H,12,13,14). The highest BCUT2D eigenvalue weighted by Gasteiger charge is 2.15. The largest absolute Gasteiger partial charge is 0.329 e. The van der Waals surface area contributed by atoms with Crippen LogP contribution in [0.1, 0.15) is 16.0 Å². The Kier molecular flexibility index (Phi) is 4.01. The van der Waals surface area contributed by atoms with Gasteiger partial charge in [-0.25, -0.2) is 4.98 Å². The Labute approximate surface area is 110 Å². The zero-order valence-electron chi connectivity index (χ0n) is 8.61. The molecule has 0 aliphatic carbocycles. The van der Waals surface area contributed by atoms with Gasteiger partial charge in [-0.15, -0.1) is 16.4 Å². The van der Waals surface area contributed by atoms with E-state index in [9.17, 15) is 0 Å². The zero-order valence-corrected chi connectivity index (χ0v) is 11.8. The molecule has 16 heavy (non-hydrogen) atoms. The minimum absolute atomic E-state index is 0.214. The smallest absolute Gasteiger partial charge is 0.209 e. The number of H-pyrrole nitrogens is 1. The highest BCUT2D eigenvalue weighted by atomic mass is 79.9. The first-order chi connectivity index (χ1) is 7.69. The topological polar surface area (TPSA) is 67.6 Å². The van der Waals surface area contributed by atoms with Crippen LogP contribution >= 0.6 is 39.0 Å². The molecule has 4 nitrogen and oxygen atoms in total. The molecule has 1 unspecified atom stereocenters. The van der Waals surface area contributed by atoms with Crippen LogP contribution in [0.4, 0.5) is 0 Å². The second-order valence-corrected chi connectivity index (χ2v) is 6.24. The predicted octanol–water partition coefficient (Wildman–Crippen LogP) is 2.73. The number of nitrogens with zero attached hydrogens (tertiary/aromatic N) is 2. The van der Waals surface area contributed by atoms with Gasteiger partial charge in [0.15, 0.2) is 0 Å². The molecule has 0 aromatic carbocycles. The maximum atomic E-state index is 5.77. The number of nitrogens with one attached hydrogen (secondary N) is 1. The summed E-state index contributed by atoms with van der Waals surface area (Å²) in [6.45, 7) is 2.46. The van der Waals surface area contributed by atoms with E-state index >= 15 is 0 Å². The van der Waals surface area contributed by atoms with E-state index in [0.29, 0.717) is 6.54 Å². The van der Waals surface area contributed by atoms with Crippen molar-refractivity contribution in [3.63, 3.8) is 0 Å². The Morgan fingerprint density at radius 1 is 1.69 bits per heavy atom. The Balaban J connectivity index is 2.12. The molecule has 2 heterocycles. The second-order valence-electron chi connectivity index (χ2n) is 3.21. The third kappa shape index (κ3) is 2.85. The lowest BCUT2D eigenvalue weighted by Gasteiger charge is -2.09. The molecule has 0 amide bonds. The van der Waals surface area contributed by atoms with Gasteiger partial charge in [0, 0.05) is 21.3 Å². The molecule has 2 rings (SSSR count). The predicted molar refractivity (Wildman–Crippen MR) is 70.8 cm³/mol. The summed E-state index contributed by atoms with van der Waals surface area (Å²) in [6, 6.07) is 2.09. The molecule has 86 valence electrons. The lowest BCUT2D eigenvalue weighted by atomic mass is 10.3. The zero-order chi connectivity index (χ0) is 11.5. The van der Waals surface area contributed by atoms with Gasteiger partial charge < -0.3 is 5.73 Å². The number of hydrogen-bond donors (Lipinski definition) is 2. The first-order valence-electron chi connectivity index (χ1n) is 4.68. The molecule has 0 radical (unpaired) electrons. The SMILES string of the molecule is Cc1nc(SC(CN)c2cc(Br)cs2)n[nH]1. The van der Waals surface area contributed by atoms with Crippen LogP contribution in [-0.2, 0) is 0 Å². The third-order valence-electron chi connectivity index (χ3n) is 1.94. The van der Waals surface area contributed by atoms with Crippen molar-refractivity contribution in [1.82, 2.24) is 15.2 Å². The summed E-state index contributed by atoms with van der Waals surface area (Å²) in [6.07, 6.45) is 0. The molecule has 0 aliphatic rings. The van der Waals surface area contributed by atoms with Gasteiger partial charge in [-0.05, 0) is 28.9 Å². The average Bonchev–Trinajstić information content (AvgIpc) is 2.84. The number of hydrogen-bond acceptors (Lipinski definition) is 5. The van der Waals surface area contributed by atoms with Crippen LogP contribution in [-0.4, -0.2) is 21.7 Å². The van der Waals surface area contributed by atoms with E-state index in [1.807, 2.05) is 6.92 Å². The van der Waals surface area contributed by atoms with Crippen LogP contribution in [0.3, 0.4) is 0 Å². The van der Waals surface area contributed by atoms with E-state index in [1.54, 1.807) is 23.1 Å². The Morgan fingerprint density at radius 3 is 3.00 bits per heavy atom. The maximum absolute atomic E-state index is 5.77. The summed E-state index contributed by atoms with van der Waals surface area (Å²) in [5, 5.41) is 9.95. The molecular formula is C9H11BrN4S2. The van der Waals surface area contributed by atoms with E-state index in [0.717, 1.165) is 15.5 Å². The fourth-order valence-corrected chi connectivity index (χ4v) is 3.79. The number of thiophene rings is 1. The van der Waals surface area contributed by atoms with E-state index < -0.39 is 0 Å². The van der Waals surface area contributed by atoms with Crippen molar-refractivity contribution in [1.29, 1.82) is 0 Å². The van der Waals surface area contributed by atoms with Gasteiger partial charge in [-0.3, -0.25) is 5.10 Å². The Hall–Kier alpha value is -0.370. The summed E-state index contributed by atoms with van der Waals surface area (Å²) in [4.78, 5) is 5.50. The molecule has 0 saturated heterocycles. The van der Waals surface area contributed by atoms with Gasteiger partial charge in [0.05, 0.1) is 5.25 Å². The molecule has 2 aromatic rings. The normalized spacial score (nSPS) is 12.9. The Bertz CT molecular complexity index is 468. The van der Waals surface area contributed by atoms with Gasteiger partial charge in [-0.2, -0.15) is 0 Å². The highest BCUT2D eigenvalue weighted by molar-refractivity contribution is 9.10. The second kappa shape index (κ2) is 5.31. The van der Waals surface area contributed by atoms with Crippen molar-refractivity contribution >= 4 is 39.0 Å². The van der Waals surface area contributed by atoms with Crippen LogP contribution in [0.5, 0.6) is 0 Å². The summed E-state index contributed by atoms with van der Waals surface area (Å²) >= 11 is 6.72. The molecule has 3 N–H and O–H groups in total.